The summed E-state index contributed by atoms with van der Waals surface area (Å²) < 4.78 is 0. The molecule has 0 bridgehead atoms. The summed E-state index contributed by atoms with van der Waals surface area (Å²) in [5.74, 6) is 0. The fourth-order valence-corrected chi connectivity index (χ4v) is 6.28. The van der Waals surface area contributed by atoms with Gasteiger partial charge in [-0.15, -0.1) is 0 Å². The molecule has 0 saturated heterocycles. The van der Waals surface area contributed by atoms with Gasteiger partial charge in [-0.2, -0.15) is 0 Å². The van der Waals surface area contributed by atoms with E-state index in [0.717, 1.165) is 0 Å². The molecule has 0 saturated carbocycles. The molecule has 9 aromatic rings. The Labute approximate surface area is 220 Å². The molecular weight excluding hydrogens is 456 g/mol. The minimum absolute atomic E-state index is 1.31. The van der Waals surface area contributed by atoms with Crippen molar-refractivity contribution < 1.29 is 0 Å². The van der Waals surface area contributed by atoms with Crippen molar-refractivity contribution in [2.24, 2.45) is 0 Å². The van der Waals surface area contributed by atoms with Crippen LogP contribution in [0.25, 0.3) is 75.4 Å². The molecule has 9 rings (SSSR count). The minimum atomic E-state index is 1.31. The minimum Gasteiger partial charge on any atom is -0.0616 e. The van der Waals surface area contributed by atoms with Gasteiger partial charge in [0.1, 0.15) is 0 Å². The lowest BCUT2D eigenvalue weighted by molar-refractivity contribution is 1.77. The summed E-state index contributed by atoms with van der Waals surface area (Å²) in [6.07, 6.45) is 0. The molecule has 176 valence electrons. The van der Waals surface area contributed by atoms with Crippen molar-refractivity contribution in [2.75, 3.05) is 0 Å². The second-order valence-corrected chi connectivity index (χ2v) is 10.1. The van der Waals surface area contributed by atoms with Gasteiger partial charge in [0.25, 0.3) is 0 Å². The first-order valence-corrected chi connectivity index (χ1v) is 13.2. The standard InChI is InChI=1S/C20H12.C18H12/c1-5-13-6-2-11-17-18-12-4-8-14-7-3-10-16(20(14)18)15(9-1)19(13)17;1-2-7-15-12-18-16(11-14(15)6-1)10-9-13-5-3-4-8-17(13)18/h1-12H;1-12H. The second-order valence-electron chi connectivity index (χ2n) is 10.1. The quantitative estimate of drug-likeness (QED) is 0.150. The largest absolute Gasteiger partial charge is 0.0616 e. The molecule has 0 atom stereocenters. The van der Waals surface area contributed by atoms with Gasteiger partial charge < -0.3 is 0 Å². The molecule has 0 aliphatic heterocycles. The van der Waals surface area contributed by atoms with Crippen LogP contribution in [0, 0.1) is 0 Å². The summed E-state index contributed by atoms with van der Waals surface area (Å²) >= 11 is 0. The lowest BCUT2D eigenvalue weighted by Crippen LogP contribution is -1.85. The van der Waals surface area contributed by atoms with Crippen LogP contribution in [0.5, 0.6) is 0 Å². The number of rotatable bonds is 0. The summed E-state index contributed by atoms with van der Waals surface area (Å²) in [7, 11) is 0. The van der Waals surface area contributed by atoms with E-state index in [0.29, 0.717) is 0 Å². The van der Waals surface area contributed by atoms with E-state index in [1.54, 1.807) is 0 Å². The highest BCUT2D eigenvalue weighted by molar-refractivity contribution is 6.32. The molecule has 0 aliphatic rings. The van der Waals surface area contributed by atoms with Crippen molar-refractivity contribution in [3.05, 3.63) is 146 Å². The number of fused-ring (bicyclic) bond motifs is 6. The van der Waals surface area contributed by atoms with Gasteiger partial charge >= 0.3 is 0 Å². The average Bonchev–Trinajstić information content (AvgIpc) is 2.99. The zero-order valence-corrected chi connectivity index (χ0v) is 20.9. The van der Waals surface area contributed by atoms with E-state index in [1.807, 2.05) is 0 Å². The first kappa shape index (κ1) is 21.2. The van der Waals surface area contributed by atoms with E-state index in [4.69, 9.17) is 0 Å². The summed E-state index contributed by atoms with van der Waals surface area (Å²) in [5.41, 5.74) is 0. The van der Waals surface area contributed by atoms with Crippen LogP contribution in [0.15, 0.2) is 146 Å². The third-order valence-corrected chi connectivity index (χ3v) is 8.00. The zero-order valence-electron chi connectivity index (χ0n) is 20.9. The van der Waals surface area contributed by atoms with E-state index >= 15 is 0 Å². The highest BCUT2D eigenvalue weighted by atomic mass is 14.1. The monoisotopic (exact) mass is 480 g/mol. The van der Waals surface area contributed by atoms with Crippen molar-refractivity contribution >= 4 is 75.4 Å². The molecule has 0 amide bonds. The van der Waals surface area contributed by atoms with E-state index in [2.05, 4.69) is 146 Å². The first-order valence-electron chi connectivity index (χ1n) is 13.2. The highest BCUT2D eigenvalue weighted by Crippen LogP contribution is 2.39. The smallest absolute Gasteiger partial charge is 0.00264 e. The summed E-state index contributed by atoms with van der Waals surface area (Å²) in [6, 6.07) is 52.5. The number of hydrogen-bond donors (Lipinski definition) is 0. The van der Waals surface area contributed by atoms with Crippen molar-refractivity contribution in [3.8, 4) is 0 Å². The maximum atomic E-state index is 2.30. The summed E-state index contributed by atoms with van der Waals surface area (Å²) in [4.78, 5) is 0. The van der Waals surface area contributed by atoms with E-state index < -0.39 is 0 Å². The van der Waals surface area contributed by atoms with Crippen molar-refractivity contribution in [3.63, 3.8) is 0 Å². The molecule has 0 fully saturated rings. The van der Waals surface area contributed by atoms with Crippen LogP contribution >= 0.6 is 0 Å². The molecule has 0 unspecified atom stereocenters. The van der Waals surface area contributed by atoms with Gasteiger partial charge in [-0.05, 0) is 87.5 Å². The van der Waals surface area contributed by atoms with Crippen molar-refractivity contribution in [2.45, 2.75) is 0 Å². The third kappa shape index (κ3) is 3.17. The van der Waals surface area contributed by atoms with Gasteiger partial charge in [-0.3, -0.25) is 0 Å². The molecule has 0 heterocycles. The molecule has 0 aromatic heterocycles. The number of hydrogen-bond acceptors (Lipinski definition) is 0. The van der Waals surface area contributed by atoms with Gasteiger partial charge in [0, 0.05) is 0 Å². The van der Waals surface area contributed by atoms with Crippen molar-refractivity contribution in [1.29, 1.82) is 0 Å². The van der Waals surface area contributed by atoms with E-state index in [9.17, 15) is 0 Å². The lowest BCUT2D eigenvalue weighted by Gasteiger charge is -2.13. The molecule has 38 heavy (non-hydrogen) atoms. The molecule has 9 aromatic carbocycles. The summed E-state index contributed by atoms with van der Waals surface area (Å²) in [6.45, 7) is 0. The molecule has 0 N–H and O–H groups in total. The maximum absolute atomic E-state index is 2.30. The number of benzene rings is 9. The van der Waals surface area contributed by atoms with Crippen LogP contribution in [-0.2, 0) is 0 Å². The highest BCUT2D eigenvalue weighted by Gasteiger charge is 2.11. The SMILES string of the molecule is c1cc2cccc3c4cccc5cccc(c(c1)c23)c54.c1ccc2cc3c(ccc4ccccc43)cc2c1. The van der Waals surface area contributed by atoms with Gasteiger partial charge in [0.2, 0.25) is 0 Å². The second kappa shape index (κ2) is 8.30. The lowest BCUT2D eigenvalue weighted by atomic mass is 9.90. The van der Waals surface area contributed by atoms with Crippen molar-refractivity contribution in [1.82, 2.24) is 0 Å². The van der Waals surface area contributed by atoms with Gasteiger partial charge in [0.05, 0.1) is 0 Å². The Morgan fingerprint density at radius 2 is 0.605 bits per heavy atom. The fraction of sp³-hybridized carbons (Fsp3) is 0. The zero-order chi connectivity index (χ0) is 25.1. The van der Waals surface area contributed by atoms with Crippen LogP contribution in [0.1, 0.15) is 0 Å². The van der Waals surface area contributed by atoms with Gasteiger partial charge in [0.15, 0.2) is 0 Å². The molecule has 0 heteroatoms. The average molecular weight is 481 g/mol. The molecule has 0 aliphatic carbocycles. The molecule has 0 radical (unpaired) electrons. The Kier molecular flexibility index (Phi) is 4.62. The molecular formula is C38H24. The van der Waals surface area contributed by atoms with E-state index in [-0.39, 0.29) is 0 Å². The first-order chi connectivity index (χ1) is 18.8. The Bertz CT molecular complexity index is 2110. The Morgan fingerprint density at radius 3 is 1.16 bits per heavy atom. The van der Waals surface area contributed by atoms with E-state index in [1.165, 1.54) is 75.4 Å². The summed E-state index contributed by atoms with van der Waals surface area (Å²) in [5, 5.41) is 18.8. The Morgan fingerprint density at radius 1 is 0.211 bits per heavy atom. The topological polar surface area (TPSA) is 0 Å². The molecule has 0 nitrogen and oxygen atoms in total. The van der Waals surface area contributed by atoms with Crippen LogP contribution in [0.2, 0.25) is 0 Å². The van der Waals surface area contributed by atoms with Gasteiger partial charge in [-0.25, -0.2) is 0 Å². The Balaban J connectivity index is 0.000000119. The van der Waals surface area contributed by atoms with Crippen LogP contribution < -0.4 is 0 Å². The predicted octanol–water partition coefficient (Wildman–Crippen LogP) is 10.9. The van der Waals surface area contributed by atoms with Gasteiger partial charge in [-0.1, -0.05) is 133 Å². The normalized spacial score (nSPS) is 11.7. The predicted molar refractivity (Wildman–Crippen MR) is 167 cm³/mol. The van der Waals surface area contributed by atoms with Crippen LogP contribution in [0.4, 0.5) is 0 Å². The van der Waals surface area contributed by atoms with Crippen LogP contribution in [-0.4, -0.2) is 0 Å². The maximum Gasteiger partial charge on any atom is -0.00264 e. The molecule has 0 spiro atoms. The van der Waals surface area contributed by atoms with Crippen LogP contribution in [0.3, 0.4) is 0 Å². The third-order valence-electron chi connectivity index (χ3n) is 8.00. The Hall–Kier alpha value is -4.94. The fourth-order valence-electron chi connectivity index (χ4n) is 6.28.